The number of para-hydroxylation sites is 1. The van der Waals surface area contributed by atoms with Crippen molar-refractivity contribution in [3.63, 3.8) is 0 Å². The maximum Gasteiger partial charge on any atom is 0.295 e. The third-order valence-corrected chi connectivity index (χ3v) is 4.36. The molecule has 0 bridgehead atoms. The number of aromatic nitrogens is 2. The number of hydrogen-bond acceptors (Lipinski definition) is 5. The van der Waals surface area contributed by atoms with E-state index in [0.717, 1.165) is 11.8 Å². The van der Waals surface area contributed by atoms with Crippen molar-refractivity contribution < 1.29 is 9.63 Å². The van der Waals surface area contributed by atoms with Crippen LogP contribution >= 0.6 is 0 Å². The van der Waals surface area contributed by atoms with Crippen LogP contribution in [-0.2, 0) is 23.3 Å². The summed E-state index contributed by atoms with van der Waals surface area (Å²) in [6.45, 7) is 1.90. The van der Waals surface area contributed by atoms with Crippen molar-refractivity contribution in [1.82, 2.24) is 9.36 Å². The molecule has 2 aromatic carbocycles. The van der Waals surface area contributed by atoms with E-state index in [4.69, 9.17) is 10.1 Å². The second-order valence-electron chi connectivity index (χ2n) is 6.24. The second kappa shape index (κ2) is 8.71. The number of carbonyl (C=O) groups excluding carboxylic acids is 1. The number of hydrogen-bond donors (Lipinski definition) is 1. The molecule has 3 aromatic rings. The molecular weight excluding hydrogens is 370 g/mol. The molecule has 0 aliphatic rings. The highest BCUT2D eigenvalue weighted by atomic mass is 16.6. The molecular formula is C21H19N5O3. The van der Waals surface area contributed by atoms with Crippen LogP contribution in [0.4, 0.5) is 5.69 Å². The van der Waals surface area contributed by atoms with E-state index in [9.17, 15) is 9.59 Å². The molecule has 0 radical (unpaired) electrons. The van der Waals surface area contributed by atoms with Crippen molar-refractivity contribution in [3.8, 4) is 11.8 Å². The first-order valence-corrected chi connectivity index (χ1v) is 8.80. The second-order valence-corrected chi connectivity index (χ2v) is 6.24. The fraction of sp³-hybridized carbons (Fsp3) is 0.143. The van der Waals surface area contributed by atoms with E-state index in [1.165, 1.54) is 4.68 Å². The predicted octanol–water partition coefficient (Wildman–Crippen LogP) is 2.50. The number of amides is 1. The van der Waals surface area contributed by atoms with Crippen LogP contribution in [0.3, 0.4) is 0 Å². The first-order valence-electron chi connectivity index (χ1n) is 8.80. The molecule has 0 spiro atoms. The van der Waals surface area contributed by atoms with Crippen molar-refractivity contribution >= 4 is 17.8 Å². The quantitative estimate of drug-likeness (QED) is 0.517. The maximum absolute atomic E-state index is 12.7. The van der Waals surface area contributed by atoms with E-state index >= 15 is 0 Å². The number of nitrogens with zero attached hydrogens (tertiary/aromatic N) is 4. The Morgan fingerprint density at radius 1 is 1.21 bits per heavy atom. The minimum Gasteiger partial charge on any atom is -0.391 e. The molecule has 0 fully saturated rings. The van der Waals surface area contributed by atoms with Crippen molar-refractivity contribution in [1.29, 1.82) is 5.26 Å². The largest absolute Gasteiger partial charge is 0.391 e. The van der Waals surface area contributed by atoms with Gasteiger partial charge in [-0.2, -0.15) is 5.26 Å². The van der Waals surface area contributed by atoms with Crippen LogP contribution < -0.4 is 10.9 Å². The number of rotatable bonds is 6. The first kappa shape index (κ1) is 19.6. The van der Waals surface area contributed by atoms with Gasteiger partial charge in [0.25, 0.3) is 11.5 Å². The van der Waals surface area contributed by atoms with Crippen molar-refractivity contribution in [2.24, 2.45) is 12.2 Å². The molecule has 146 valence electrons. The molecule has 1 amide bonds. The van der Waals surface area contributed by atoms with E-state index in [2.05, 4.69) is 10.5 Å². The third kappa shape index (κ3) is 4.42. The predicted molar refractivity (Wildman–Crippen MR) is 109 cm³/mol. The first-order chi connectivity index (χ1) is 14.0. The molecule has 3 rings (SSSR count). The molecule has 0 aliphatic carbocycles. The maximum atomic E-state index is 12.7. The summed E-state index contributed by atoms with van der Waals surface area (Å²) in [5.74, 6) is -0.573. The van der Waals surface area contributed by atoms with Crippen LogP contribution in [0.5, 0.6) is 0 Å². The molecule has 0 saturated heterocycles. The minimum atomic E-state index is -0.573. The smallest absolute Gasteiger partial charge is 0.295 e. The zero-order valence-corrected chi connectivity index (χ0v) is 16.0. The molecule has 0 unspecified atom stereocenters. The number of carbonyl (C=O) groups is 1. The Morgan fingerprint density at radius 3 is 2.55 bits per heavy atom. The summed E-state index contributed by atoms with van der Waals surface area (Å²) < 4.78 is 3.15. The SMILES string of the molecule is Cc1c(NC(=O)C=NOCc2ccc(C#N)cc2)c(=O)n(-c2ccccc2)n1C. The van der Waals surface area contributed by atoms with E-state index in [1.807, 2.05) is 36.4 Å². The van der Waals surface area contributed by atoms with Gasteiger partial charge in [-0.25, -0.2) is 4.68 Å². The fourth-order valence-corrected chi connectivity index (χ4v) is 2.74. The third-order valence-electron chi connectivity index (χ3n) is 4.36. The Bertz CT molecular complexity index is 1140. The Kier molecular flexibility index (Phi) is 5.90. The zero-order valence-electron chi connectivity index (χ0n) is 16.0. The van der Waals surface area contributed by atoms with Crippen LogP contribution in [0.15, 0.2) is 64.5 Å². The number of nitriles is 1. The average molecular weight is 389 g/mol. The standard InChI is InChI=1S/C21H19N5O3/c1-15-20(21(28)26(25(15)2)18-6-4-3-5-7-18)24-19(27)13-23-29-14-17-10-8-16(12-22)9-11-17/h3-11,13H,14H2,1-2H3,(H,24,27). The van der Waals surface area contributed by atoms with Gasteiger partial charge in [-0.1, -0.05) is 35.5 Å². The number of anilines is 1. The minimum absolute atomic E-state index is 0.153. The Hall–Kier alpha value is -4.12. The average Bonchev–Trinajstić information content (AvgIpc) is 2.95. The number of nitrogens with one attached hydrogen (secondary N) is 1. The summed E-state index contributed by atoms with van der Waals surface area (Å²) in [4.78, 5) is 30.0. The van der Waals surface area contributed by atoms with Gasteiger partial charge in [-0.15, -0.1) is 0 Å². The van der Waals surface area contributed by atoms with Gasteiger partial charge in [-0.3, -0.25) is 14.3 Å². The molecule has 8 heteroatoms. The monoisotopic (exact) mass is 389 g/mol. The Labute approximate surface area is 167 Å². The van der Waals surface area contributed by atoms with Crippen LogP contribution in [0.2, 0.25) is 0 Å². The summed E-state index contributed by atoms with van der Waals surface area (Å²) in [6.07, 6.45) is 0.975. The summed E-state index contributed by atoms with van der Waals surface area (Å²) >= 11 is 0. The van der Waals surface area contributed by atoms with Gasteiger partial charge in [0.2, 0.25) is 0 Å². The molecule has 8 nitrogen and oxygen atoms in total. The highest BCUT2D eigenvalue weighted by molar-refractivity contribution is 6.31. The summed E-state index contributed by atoms with van der Waals surface area (Å²) in [5.41, 5.74) is 2.51. The molecule has 0 aliphatic heterocycles. The molecule has 29 heavy (non-hydrogen) atoms. The van der Waals surface area contributed by atoms with Gasteiger partial charge in [0, 0.05) is 7.05 Å². The van der Waals surface area contributed by atoms with Gasteiger partial charge in [0.1, 0.15) is 18.5 Å². The lowest BCUT2D eigenvalue weighted by molar-refractivity contribution is -0.110. The molecule has 1 N–H and O–H groups in total. The Balaban J connectivity index is 1.65. The van der Waals surface area contributed by atoms with E-state index in [1.54, 1.807) is 42.9 Å². The van der Waals surface area contributed by atoms with Crippen molar-refractivity contribution in [3.05, 3.63) is 81.8 Å². The summed E-state index contributed by atoms with van der Waals surface area (Å²) in [7, 11) is 1.74. The zero-order chi connectivity index (χ0) is 20.8. The van der Waals surface area contributed by atoms with Crippen LogP contribution in [0, 0.1) is 18.3 Å². The van der Waals surface area contributed by atoms with E-state index in [-0.39, 0.29) is 17.9 Å². The lowest BCUT2D eigenvalue weighted by Gasteiger charge is -2.07. The van der Waals surface area contributed by atoms with Gasteiger partial charge in [0.05, 0.1) is 23.0 Å². The summed E-state index contributed by atoms with van der Waals surface area (Å²) in [6, 6.07) is 18.0. The fourth-order valence-electron chi connectivity index (χ4n) is 2.74. The lowest BCUT2D eigenvalue weighted by Crippen LogP contribution is -2.23. The lowest BCUT2D eigenvalue weighted by atomic mass is 10.2. The molecule has 1 heterocycles. The van der Waals surface area contributed by atoms with Crippen molar-refractivity contribution in [2.45, 2.75) is 13.5 Å². The molecule has 0 atom stereocenters. The van der Waals surface area contributed by atoms with Crippen LogP contribution in [-0.4, -0.2) is 21.5 Å². The normalized spacial score (nSPS) is 10.7. The van der Waals surface area contributed by atoms with Gasteiger partial charge in [-0.05, 0) is 36.8 Å². The van der Waals surface area contributed by atoms with Crippen LogP contribution in [0.1, 0.15) is 16.8 Å². The topological polar surface area (TPSA) is 101 Å². The van der Waals surface area contributed by atoms with E-state index < -0.39 is 5.91 Å². The molecule has 0 saturated carbocycles. The highest BCUT2D eigenvalue weighted by Gasteiger charge is 2.17. The highest BCUT2D eigenvalue weighted by Crippen LogP contribution is 2.13. The Morgan fingerprint density at radius 2 is 1.90 bits per heavy atom. The molecule has 1 aromatic heterocycles. The van der Waals surface area contributed by atoms with Crippen LogP contribution in [0.25, 0.3) is 5.69 Å². The number of oxime groups is 1. The van der Waals surface area contributed by atoms with Gasteiger partial charge < -0.3 is 10.2 Å². The van der Waals surface area contributed by atoms with Crippen molar-refractivity contribution in [2.75, 3.05) is 5.32 Å². The van der Waals surface area contributed by atoms with Gasteiger partial charge in [0.15, 0.2) is 0 Å². The number of benzene rings is 2. The van der Waals surface area contributed by atoms with Gasteiger partial charge >= 0.3 is 0 Å². The van der Waals surface area contributed by atoms with E-state index in [0.29, 0.717) is 16.9 Å². The summed E-state index contributed by atoms with van der Waals surface area (Å²) in [5, 5.41) is 15.0.